The van der Waals surface area contributed by atoms with Crippen LogP contribution in [-0.2, 0) is 16.1 Å². The number of methoxy groups -OCH3 is 1. The molecule has 0 radical (unpaired) electrons. The van der Waals surface area contributed by atoms with Crippen molar-refractivity contribution in [3.63, 3.8) is 0 Å². The van der Waals surface area contributed by atoms with Gasteiger partial charge in [-0.25, -0.2) is 9.78 Å². The summed E-state index contributed by atoms with van der Waals surface area (Å²) in [5.74, 6) is -0.264. The van der Waals surface area contributed by atoms with Crippen molar-refractivity contribution in [3.8, 4) is 0 Å². The quantitative estimate of drug-likeness (QED) is 0.784. The number of carbonyl (C=O) groups is 2. The first-order chi connectivity index (χ1) is 10.2. The van der Waals surface area contributed by atoms with Gasteiger partial charge in [-0.15, -0.1) is 11.3 Å². The predicted octanol–water partition coefficient (Wildman–Crippen LogP) is 3.00. The second kappa shape index (κ2) is 7.54. The Balaban J connectivity index is 2.09. The molecule has 2 rings (SSSR count). The van der Waals surface area contributed by atoms with Gasteiger partial charge in [0.2, 0.25) is 5.91 Å². The summed E-state index contributed by atoms with van der Waals surface area (Å²) in [6.45, 7) is 2.39. The Hall–Kier alpha value is -1.43. The third kappa shape index (κ3) is 4.03. The highest BCUT2D eigenvalue weighted by Crippen LogP contribution is 2.25. The average molecular weight is 310 g/mol. The molecular weight excluding hydrogens is 288 g/mol. The number of thiazole rings is 1. The summed E-state index contributed by atoms with van der Waals surface area (Å²) in [5.41, 5.74) is 0.324. The topological polar surface area (TPSA) is 59.5 Å². The molecule has 116 valence electrons. The molecule has 1 fully saturated rings. The van der Waals surface area contributed by atoms with Gasteiger partial charge >= 0.3 is 5.97 Å². The summed E-state index contributed by atoms with van der Waals surface area (Å²) in [7, 11) is 1.34. The molecule has 0 unspecified atom stereocenters. The van der Waals surface area contributed by atoms with E-state index in [-0.39, 0.29) is 5.91 Å². The van der Waals surface area contributed by atoms with Crippen LogP contribution >= 0.6 is 11.3 Å². The van der Waals surface area contributed by atoms with E-state index in [0.29, 0.717) is 24.7 Å². The zero-order valence-corrected chi connectivity index (χ0v) is 13.4. The maximum absolute atomic E-state index is 12.2. The van der Waals surface area contributed by atoms with Crippen molar-refractivity contribution in [1.82, 2.24) is 9.88 Å². The third-order valence-corrected chi connectivity index (χ3v) is 4.72. The van der Waals surface area contributed by atoms with E-state index in [0.717, 1.165) is 17.8 Å². The highest BCUT2D eigenvalue weighted by Gasteiger charge is 2.25. The van der Waals surface area contributed by atoms with Crippen molar-refractivity contribution in [3.05, 3.63) is 16.1 Å². The van der Waals surface area contributed by atoms with Gasteiger partial charge in [-0.05, 0) is 12.8 Å². The lowest BCUT2D eigenvalue weighted by molar-refractivity contribution is -0.134. The first-order valence-electron chi connectivity index (χ1n) is 7.48. The summed E-state index contributed by atoms with van der Waals surface area (Å²) in [6, 6.07) is 0.316. The second-order valence-electron chi connectivity index (χ2n) is 5.29. The zero-order valence-electron chi connectivity index (χ0n) is 12.6. The summed E-state index contributed by atoms with van der Waals surface area (Å²) in [4.78, 5) is 29.9. The van der Waals surface area contributed by atoms with E-state index in [1.807, 2.05) is 11.8 Å². The molecular formula is C15H22N2O3S. The highest BCUT2D eigenvalue weighted by atomic mass is 32.1. The average Bonchev–Trinajstić information content (AvgIpc) is 3.00. The molecule has 0 aromatic carbocycles. The molecule has 0 atom stereocenters. The van der Waals surface area contributed by atoms with Gasteiger partial charge in [0.05, 0.1) is 13.7 Å². The molecule has 0 spiro atoms. The van der Waals surface area contributed by atoms with Gasteiger partial charge in [0, 0.05) is 17.8 Å². The third-order valence-electron chi connectivity index (χ3n) is 3.89. The van der Waals surface area contributed by atoms with Crippen LogP contribution in [0.15, 0.2) is 5.38 Å². The van der Waals surface area contributed by atoms with Crippen LogP contribution in [0.25, 0.3) is 0 Å². The minimum Gasteiger partial charge on any atom is -0.464 e. The maximum atomic E-state index is 12.2. The molecule has 6 heteroatoms. The molecule has 1 amide bonds. The molecule has 1 heterocycles. The smallest absolute Gasteiger partial charge is 0.357 e. The molecule has 0 saturated heterocycles. The molecule has 21 heavy (non-hydrogen) atoms. The Morgan fingerprint density at radius 2 is 2.10 bits per heavy atom. The monoisotopic (exact) mass is 310 g/mol. The molecule has 1 aromatic rings. The summed E-state index contributed by atoms with van der Waals surface area (Å²) in [6.07, 6.45) is 6.27. The van der Waals surface area contributed by atoms with Crippen LogP contribution in [0.4, 0.5) is 0 Å². The first kappa shape index (κ1) is 15.9. The number of hydrogen-bond donors (Lipinski definition) is 0. The maximum Gasteiger partial charge on any atom is 0.357 e. The second-order valence-corrected chi connectivity index (χ2v) is 6.23. The van der Waals surface area contributed by atoms with E-state index < -0.39 is 5.97 Å². The summed E-state index contributed by atoms with van der Waals surface area (Å²) in [5, 5.41) is 2.49. The number of carbonyl (C=O) groups excluding carboxylic acids is 2. The van der Waals surface area contributed by atoms with Gasteiger partial charge < -0.3 is 9.64 Å². The van der Waals surface area contributed by atoms with Crippen molar-refractivity contribution in [1.29, 1.82) is 0 Å². The number of esters is 1. The van der Waals surface area contributed by atoms with Crippen molar-refractivity contribution in [2.75, 3.05) is 7.11 Å². The molecule has 1 aliphatic rings. The van der Waals surface area contributed by atoms with Crippen molar-refractivity contribution >= 4 is 23.2 Å². The zero-order chi connectivity index (χ0) is 15.2. The number of nitrogens with zero attached hydrogens (tertiary/aromatic N) is 2. The van der Waals surface area contributed by atoms with Crippen LogP contribution in [0.5, 0.6) is 0 Å². The van der Waals surface area contributed by atoms with Gasteiger partial charge in [-0.2, -0.15) is 0 Å². The van der Waals surface area contributed by atoms with Crippen LogP contribution < -0.4 is 0 Å². The predicted molar refractivity (Wildman–Crippen MR) is 81.2 cm³/mol. The van der Waals surface area contributed by atoms with E-state index in [2.05, 4.69) is 9.72 Å². The van der Waals surface area contributed by atoms with Crippen molar-refractivity contribution in [2.24, 2.45) is 0 Å². The summed E-state index contributed by atoms with van der Waals surface area (Å²) < 4.78 is 4.66. The molecule has 5 nitrogen and oxygen atoms in total. The van der Waals surface area contributed by atoms with Crippen LogP contribution in [0.1, 0.15) is 60.9 Å². The van der Waals surface area contributed by atoms with Crippen molar-refractivity contribution < 1.29 is 14.3 Å². The van der Waals surface area contributed by atoms with E-state index in [1.54, 1.807) is 5.38 Å². The Bertz CT molecular complexity index is 495. The normalized spacial score (nSPS) is 15.7. The standard InChI is InChI=1S/C15H22N2O3S/c1-3-14(18)17(11-7-5-4-6-8-11)9-13-16-12(10-21-13)15(19)20-2/h10-11H,3-9H2,1-2H3. The number of ether oxygens (including phenoxy) is 1. The lowest BCUT2D eigenvalue weighted by Crippen LogP contribution is -2.40. The SMILES string of the molecule is CCC(=O)N(Cc1nc(C(=O)OC)cs1)C1CCCCC1. The Kier molecular flexibility index (Phi) is 5.73. The fourth-order valence-electron chi connectivity index (χ4n) is 2.74. The number of amides is 1. The lowest BCUT2D eigenvalue weighted by atomic mass is 9.94. The van der Waals surface area contributed by atoms with E-state index in [1.165, 1.54) is 37.7 Å². The number of hydrogen-bond acceptors (Lipinski definition) is 5. The number of rotatable bonds is 5. The molecule has 0 bridgehead atoms. The Labute approximate surface area is 129 Å². The Morgan fingerprint density at radius 1 is 1.38 bits per heavy atom. The van der Waals surface area contributed by atoms with E-state index >= 15 is 0 Å². The largest absolute Gasteiger partial charge is 0.464 e. The molecule has 1 aromatic heterocycles. The van der Waals surface area contributed by atoms with E-state index in [9.17, 15) is 9.59 Å². The minimum absolute atomic E-state index is 0.164. The molecule has 1 saturated carbocycles. The molecule has 0 N–H and O–H groups in total. The summed E-state index contributed by atoms with van der Waals surface area (Å²) >= 11 is 1.41. The van der Waals surface area contributed by atoms with E-state index in [4.69, 9.17) is 0 Å². The fourth-order valence-corrected chi connectivity index (χ4v) is 3.51. The van der Waals surface area contributed by atoms with Gasteiger partial charge in [0.1, 0.15) is 5.01 Å². The molecule has 1 aliphatic carbocycles. The van der Waals surface area contributed by atoms with Gasteiger partial charge in [0.15, 0.2) is 5.69 Å². The van der Waals surface area contributed by atoms with Gasteiger partial charge in [-0.1, -0.05) is 26.2 Å². The first-order valence-corrected chi connectivity index (χ1v) is 8.35. The van der Waals surface area contributed by atoms with Gasteiger partial charge in [-0.3, -0.25) is 4.79 Å². The van der Waals surface area contributed by atoms with Crippen LogP contribution in [0.3, 0.4) is 0 Å². The fraction of sp³-hybridized carbons (Fsp3) is 0.667. The van der Waals surface area contributed by atoms with Crippen LogP contribution in [0, 0.1) is 0 Å². The molecule has 0 aliphatic heterocycles. The number of aromatic nitrogens is 1. The van der Waals surface area contributed by atoms with Crippen LogP contribution in [0.2, 0.25) is 0 Å². The Morgan fingerprint density at radius 3 is 2.71 bits per heavy atom. The minimum atomic E-state index is -0.427. The van der Waals surface area contributed by atoms with Crippen LogP contribution in [-0.4, -0.2) is 34.9 Å². The highest BCUT2D eigenvalue weighted by molar-refractivity contribution is 7.09. The lowest BCUT2D eigenvalue weighted by Gasteiger charge is -2.33. The van der Waals surface area contributed by atoms with Crippen molar-refractivity contribution in [2.45, 2.75) is 58.0 Å². The van der Waals surface area contributed by atoms with Gasteiger partial charge in [0.25, 0.3) is 0 Å².